The molecule has 19 heavy (non-hydrogen) atoms. The second kappa shape index (κ2) is 6.60. The lowest BCUT2D eigenvalue weighted by molar-refractivity contribution is 0.182. The predicted molar refractivity (Wildman–Crippen MR) is 79.6 cm³/mol. The van der Waals surface area contributed by atoms with E-state index in [0.29, 0.717) is 6.61 Å². The van der Waals surface area contributed by atoms with Crippen molar-refractivity contribution in [2.24, 2.45) is 0 Å². The maximum Gasteiger partial charge on any atom is 0.0869 e. The molecule has 0 amide bonds. The van der Waals surface area contributed by atoms with Crippen molar-refractivity contribution in [1.29, 1.82) is 0 Å². The summed E-state index contributed by atoms with van der Waals surface area (Å²) >= 11 is 5.24. The topological polar surface area (TPSA) is 52.0 Å². The summed E-state index contributed by atoms with van der Waals surface area (Å²) in [5.41, 5.74) is 4.03. The van der Waals surface area contributed by atoms with Crippen molar-refractivity contribution >= 4 is 27.3 Å². The van der Waals surface area contributed by atoms with E-state index in [4.69, 9.17) is 4.74 Å². The van der Waals surface area contributed by atoms with E-state index in [1.165, 1.54) is 4.88 Å². The van der Waals surface area contributed by atoms with Gasteiger partial charge in [-0.1, -0.05) is 0 Å². The normalized spacial score (nSPS) is 12.8. The largest absolute Gasteiger partial charge is 0.383 e. The van der Waals surface area contributed by atoms with Gasteiger partial charge in [-0.05, 0) is 29.9 Å². The number of halogens is 1. The second-order valence-electron chi connectivity index (χ2n) is 4.12. The maximum absolute atomic E-state index is 5.13. The third-order valence-electron chi connectivity index (χ3n) is 2.95. The number of nitrogens with one attached hydrogen (secondary N) is 1. The standard InChI is InChI=1S/C12H17BrN4OS/c1-8-12(19-7-15-8)10(14-2)11-9(13)6-16-17(11)4-5-18-3/h6-7,10,14H,4-5H2,1-3H3. The summed E-state index contributed by atoms with van der Waals surface area (Å²) in [6.45, 7) is 3.40. The number of aryl methyl sites for hydroxylation is 1. The molecule has 2 aromatic heterocycles. The monoisotopic (exact) mass is 344 g/mol. The van der Waals surface area contributed by atoms with Crippen molar-refractivity contribution in [2.45, 2.75) is 19.5 Å². The molecule has 0 saturated heterocycles. The van der Waals surface area contributed by atoms with Crippen molar-refractivity contribution in [3.8, 4) is 0 Å². The first kappa shape index (κ1) is 14.6. The molecule has 0 aromatic carbocycles. The van der Waals surface area contributed by atoms with E-state index in [0.717, 1.165) is 22.4 Å². The van der Waals surface area contributed by atoms with Crippen LogP contribution in [-0.2, 0) is 11.3 Å². The lowest BCUT2D eigenvalue weighted by Crippen LogP contribution is -2.23. The summed E-state index contributed by atoms with van der Waals surface area (Å²) in [6.07, 6.45) is 1.83. The highest BCUT2D eigenvalue weighted by molar-refractivity contribution is 9.10. The van der Waals surface area contributed by atoms with Crippen molar-refractivity contribution in [3.63, 3.8) is 0 Å². The predicted octanol–water partition coefficient (Wildman–Crippen LogP) is 2.37. The quantitative estimate of drug-likeness (QED) is 0.873. The van der Waals surface area contributed by atoms with Gasteiger partial charge in [-0.15, -0.1) is 11.3 Å². The van der Waals surface area contributed by atoms with Gasteiger partial charge in [-0.2, -0.15) is 5.10 Å². The number of ether oxygens (including phenoxy) is 1. The van der Waals surface area contributed by atoms with Crippen molar-refractivity contribution < 1.29 is 4.74 Å². The van der Waals surface area contributed by atoms with Crippen molar-refractivity contribution in [3.05, 3.63) is 32.4 Å². The van der Waals surface area contributed by atoms with Crippen molar-refractivity contribution in [2.75, 3.05) is 20.8 Å². The first-order chi connectivity index (χ1) is 9.19. The molecule has 1 N–H and O–H groups in total. The number of hydrogen-bond acceptors (Lipinski definition) is 5. The molecule has 0 aliphatic rings. The van der Waals surface area contributed by atoms with Crippen LogP contribution in [-0.4, -0.2) is 35.5 Å². The minimum absolute atomic E-state index is 0.0845. The van der Waals surface area contributed by atoms with Crippen LogP contribution in [0.4, 0.5) is 0 Å². The SMILES string of the molecule is CNC(c1scnc1C)c1c(Br)cnn1CCOC. The summed E-state index contributed by atoms with van der Waals surface area (Å²) in [7, 11) is 3.64. The fourth-order valence-corrected chi connectivity index (χ4v) is 3.43. The molecule has 0 aliphatic carbocycles. The molecule has 2 heterocycles. The first-order valence-corrected chi connectivity index (χ1v) is 7.63. The molecule has 0 saturated carbocycles. The molecule has 1 unspecified atom stereocenters. The smallest absolute Gasteiger partial charge is 0.0869 e. The number of hydrogen-bond donors (Lipinski definition) is 1. The van der Waals surface area contributed by atoms with Crippen LogP contribution in [0.3, 0.4) is 0 Å². The fourth-order valence-electron chi connectivity index (χ4n) is 1.99. The zero-order valence-corrected chi connectivity index (χ0v) is 13.6. The number of rotatable bonds is 6. The molecule has 0 spiro atoms. The van der Waals surface area contributed by atoms with E-state index in [1.807, 2.05) is 30.4 Å². The Hall–Kier alpha value is -0.760. The maximum atomic E-state index is 5.13. The third-order valence-corrected chi connectivity index (χ3v) is 4.55. The van der Waals surface area contributed by atoms with Crippen LogP contribution in [0.1, 0.15) is 22.3 Å². The molecular formula is C12H17BrN4OS. The second-order valence-corrected chi connectivity index (χ2v) is 5.86. The van der Waals surface area contributed by atoms with Gasteiger partial charge >= 0.3 is 0 Å². The summed E-state index contributed by atoms with van der Waals surface area (Å²) in [5.74, 6) is 0. The lowest BCUT2D eigenvalue weighted by atomic mass is 10.1. The Morgan fingerprint density at radius 1 is 1.58 bits per heavy atom. The van der Waals surface area contributed by atoms with Crippen LogP contribution >= 0.6 is 27.3 Å². The summed E-state index contributed by atoms with van der Waals surface area (Å²) in [4.78, 5) is 5.54. The van der Waals surface area contributed by atoms with Gasteiger partial charge in [0.05, 0.1) is 51.6 Å². The zero-order chi connectivity index (χ0) is 13.8. The molecule has 2 aromatic rings. The summed E-state index contributed by atoms with van der Waals surface area (Å²) in [5, 5.41) is 7.74. The Balaban J connectivity index is 2.38. The number of methoxy groups -OCH3 is 1. The van der Waals surface area contributed by atoms with Gasteiger partial charge in [0.1, 0.15) is 0 Å². The van der Waals surface area contributed by atoms with E-state index in [-0.39, 0.29) is 6.04 Å². The van der Waals surface area contributed by atoms with Crippen LogP contribution in [0.2, 0.25) is 0 Å². The molecule has 5 nitrogen and oxygen atoms in total. The number of aromatic nitrogens is 3. The minimum atomic E-state index is 0.0845. The first-order valence-electron chi connectivity index (χ1n) is 5.96. The molecule has 1 atom stereocenters. The molecule has 0 radical (unpaired) electrons. The van der Waals surface area contributed by atoms with Crippen LogP contribution in [0.5, 0.6) is 0 Å². The van der Waals surface area contributed by atoms with E-state index in [9.17, 15) is 0 Å². The van der Waals surface area contributed by atoms with Crippen LogP contribution < -0.4 is 5.32 Å². The summed E-state index contributed by atoms with van der Waals surface area (Å²) < 4.78 is 8.09. The molecular weight excluding hydrogens is 328 g/mol. The van der Waals surface area contributed by atoms with Crippen LogP contribution in [0.25, 0.3) is 0 Å². The van der Waals surface area contributed by atoms with Gasteiger partial charge in [0.2, 0.25) is 0 Å². The average molecular weight is 345 g/mol. The highest BCUT2D eigenvalue weighted by Gasteiger charge is 2.23. The van der Waals surface area contributed by atoms with Gasteiger partial charge in [-0.3, -0.25) is 4.68 Å². The minimum Gasteiger partial charge on any atom is -0.383 e. The number of nitrogens with zero attached hydrogens (tertiary/aromatic N) is 3. The summed E-state index contributed by atoms with van der Waals surface area (Å²) in [6, 6.07) is 0.0845. The Kier molecular flexibility index (Phi) is 5.09. The molecule has 104 valence electrons. The van der Waals surface area contributed by atoms with E-state index < -0.39 is 0 Å². The molecule has 0 bridgehead atoms. The van der Waals surface area contributed by atoms with Gasteiger partial charge in [0.15, 0.2) is 0 Å². The number of thiazole rings is 1. The van der Waals surface area contributed by atoms with Gasteiger partial charge in [-0.25, -0.2) is 4.98 Å². The lowest BCUT2D eigenvalue weighted by Gasteiger charge is -2.18. The van der Waals surface area contributed by atoms with E-state index in [1.54, 1.807) is 18.4 Å². The molecule has 0 fully saturated rings. The highest BCUT2D eigenvalue weighted by atomic mass is 79.9. The molecule has 2 rings (SSSR count). The Morgan fingerprint density at radius 3 is 2.95 bits per heavy atom. The Labute approximate surface area is 125 Å². The zero-order valence-electron chi connectivity index (χ0n) is 11.2. The van der Waals surface area contributed by atoms with Gasteiger partial charge < -0.3 is 10.1 Å². The molecule has 0 aliphatic heterocycles. The Bertz CT molecular complexity index is 540. The van der Waals surface area contributed by atoms with E-state index in [2.05, 4.69) is 31.3 Å². The fraction of sp³-hybridized carbons (Fsp3) is 0.500. The van der Waals surface area contributed by atoms with Gasteiger partial charge in [0.25, 0.3) is 0 Å². The van der Waals surface area contributed by atoms with Crippen LogP contribution in [0, 0.1) is 6.92 Å². The third kappa shape index (κ3) is 3.05. The van der Waals surface area contributed by atoms with Gasteiger partial charge in [0, 0.05) is 7.11 Å². The van der Waals surface area contributed by atoms with Crippen molar-refractivity contribution in [1.82, 2.24) is 20.1 Å². The molecule has 7 heteroatoms. The Morgan fingerprint density at radius 2 is 2.37 bits per heavy atom. The average Bonchev–Trinajstić information content (AvgIpc) is 2.97. The van der Waals surface area contributed by atoms with Crippen LogP contribution in [0.15, 0.2) is 16.2 Å². The van der Waals surface area contributed by atoms with E-state index >= 15 is 0 Å². The highest BCUT2D eigenvalue weighted by Crippen LogP contribution is 2.32.